The van der Waals surface area contributed by atoms with Crippen molar-refractivity contribution in [3.05, 3.63) is 62.9 Å². The lowest BCUT2D eigenvalue weighted by atomic mass is 9.90. The molecule has 1 aliphatic carbocycles. The number of fused-ring (bicyclic) bond motifs is 2. The average Bonchev–Trinajstić information content (AvgIpc) is 2.98. The van der Waals surface area contributed by atoms with Gasteiger partial charge in [0.2, 0.25) is 0 Å². The number of carboxylic acids is 1. The number of hydrogen-bond acceptors (Lipinski definition) is 2. The Morgan fingerprint density at radius 2 is 2.12 bits per heavy atom. The van der Waals surface area contributed by atoms with Crippen molar-refractivity contribution >= 4 is 38.8 Å². The fraction of sp³-hybridized carbons (Fsp3) is 0.350. The molecule has 4 heteroatoms. The zero-order valence-corrected chi connectivity index (χ0v) is 16.1. The summed E-state index contributed by atoms with van der Waals surface area (Å²) in [6.45, 7) is 1.93. The molecule has 0 fully saturated rings. The van der Waals surface area contributed by atoms with Gasteiger partial charge in [0, 0.05) is 10.2 Å². The summed E-state index contributed by atoms with van der Waals surface area (Å²) >= 11 is 5.30. The first-order chi connectivity index (χ1) is 11.7. The Bertz CT molecular complexity index is 776. The maximum absolute atomic E-state index is 11.6. The molecule has 0 saturated heterocycles. The van der Waals surface area contributed by atoms with Gasteiger partial charge in [-0.3, -0.25) is 4.79 Å². The fourth-order valence-electron chi connectivity index (χ4n) is 3.39. The van der Waals surface area contributed by atoms with Crippen LogP contribution in [0.3, 0.4) is 0 Å². The van der Waals surface area contributed by atoms with E-state index in [4.69, 9.17) is 0 Å². The van der Waals surface area contributed by atoms with E-state index in [1.807, 2.05) is 13.0 Å². The molecule has 0 aliphatic heterocycles. The number of halogens is 1. The second-order valence-corrected chi connectivity index (χ2v) is 7.80. The highest BCUT2D eigenvalue weighted by Crippen LogP contribution is 2.38. The van der Waals surface area contributed by atoms with Gasteiger partial charge >= 0.3 is 5.97 Å². The highest BCUT2D eigenvalue weighted by atomic mass is 79.9. The lowest BCUT2D eigenvalue weighted by Gasteiger charge is -2.15. The molecule has 1 aliphatic rings. The highest BCUT2D eigenvalue weighted by molar-refractivity contribution is 9.09. The molecule has 0 radical (unpaired) electrons. The van der Waals surface area contributed by atoms with E-state index in [0.29, 0.717) is 6.42 Å². The molecule has 2 nitrogen and oxygen atoms in total. The number of benzene rings is 1. The maximum atomic E-state index is 11.6. The minimum absolute atomic E-state index is 0.432. The van der Waals surface area contributed by atoms with E-state index in [2.05, 4.69) is 45.6 Å². The second-order valence-electron chi connectivity index (χ2n) is 6.09. The summed E-state index contributed by atoms with van der Waals surface area (Å²) in [6, 6.07) is 8.48. The number of thiophene rings is 1. The van der Waals surface area contributed by atoms with Crippen LogP contribution in [0.1, 0.15) is 52.8 Å². The number of aliphatic carboxylic acids is 1. The molecule has 126 valence electrons. The van der Waals surface area contributed by atoms with Gasteiger partial charge in [0.05, 0.1) is 5.92 Å². The van der Waals surface area contributed by atoms with Gasteiger partial charge in [-0.2, -0.15) is 0 Å². The molecule has 1 atom stereocenters. The Morgan fingerprint density at radius 1 is 1.33 bits per heavy atom. The number of alkyl halides is 1. The highest BCUT2D eigenvalue weighted by Gasteiger charge is 2.23. The Balaban J connectivity index is 2.14. The number of carboxylic acid groups (broad SMARTS) is 1. The lowest BCUT2D eigenvalue weighted by Crippen LogP contribution is -2.11. The van der Waals surface area contributed by atoms with Crippen molar-refractivity contribution in [2.75, 3.05) is 5.33 Å². The van der Waals surface area contributed by atoms with E-state index in [1.54, 1.807) is 11.3 Å². The van der Waals surface area contributed by atoms with Gasteiger partial charge < -0.3 is 5.11 Å². The van der Waals surface area contributed by atoms with Gasteiger partial charge in [0.1, 0.15) is 0 Å². The lowest BCUT2D eigenvalue weighted by molar-refractivity contribution is -0.138. The van der Waals surface area contributed by atoms with Gasteiger partial charge in [0.25, 0.3) is 0 Å². The second kappa shape index (κ2) is 7.66. The quantitative estimate of drug-likeness (QED) is 0.654. The van der Waals surface area contributed by atoms with Crippen LogP contribution in [0.25, 0.3) is 5.57 Å². The van der Waals surface area contributed by atoms with Crippen molar-refractivity contribution in [1.82, 2.24) is 0 Å². The van der Waals surface area contributed by atoms with E-state index in [9.17, 15) is 9.90 Å². The summed E-state index contributed by atoms with van der Waals surface area (Å²) in [5.74, 6) is -1.17. The predicted octanol–water partition coefficient (Wildman–Crippen LogP) is 5.64. The summed E-state index contributed by atoms with van der Waals surface area (Å²) in [7, 11) is 0. The third-order valence-corrected chi connectivity index (χ3v) is 6.09. The van der Waals surface area contributed by atoms with Crippen molar-refractivity contribution in [2.45, 2.75) is 38.5 Å². The van der Waals surface area contributed by atoms with Crippen LogP contribution in [-0.2, 0) is 17.6 Å². The molecule has 2 aromatic rings. The third kappa shape index (κ3) is 3.35. The first-order valence-corrected chi connectivity index (χ1v) is 10.3. The summed E-state index contributed by atoms with van der Waals surface area (Å²) < 4.78 is 0. The van der Waals surface area contributed by atoms with Crippen molar-refractivity contribution in [1.29, 1.82) is 0 Å². The van der Waals surface area contributed by atoms with Crippen LogP contribution in [0.2, 0.25) is 0 Å². The van der Waals surface area contributed by atoms with Crippen molar-refractivity contribution in [2.24, 2.45) is 0 Å². The molecule has 1 aromatic heterocycles. The standard InChI is InChI=1S/C20H21BrO2S/c1-2-16(20(22)23)15-8-6-13-5-7-14-9-11-24-19(14)17(4-3-10-21)18(13)12-15/h4,6,8-9,11-12,16H,2-3,5,7,10H2,1H3,(H,22,23)/b17-4+. The van der Waals surface area contributed by atoms with Crippen LogP contribution in [0.5, 0.6) is 0 Å². The normalized spacial score (nSPS) is 16.3. The van der Waals surface area contributed by atoms with E-state index >= 15 is 0 Å². The molecule has 0 saturated carbocycles. The molecule has 1 N–H and O–H groups in total. The zero-order chi connectivity index (χ0) is 17.1. The third-order valence-electron chi connectivity index (χ3n) is 4.65. The van der Waals surface area contributed by atoms with E-state index < -0.39 is 11.9 Å². The van der Waals surface area contributed by atoms with Crippen LogP contribution in [0, 0.1) is 0 Å². The largest absolute Gasteiger partial charge is 0.481 e. The fourth-order valence-corrected chi connectivity index (χ4v) is 4.63. The van der Waals surface area contributed by atoms with E-state index in [-0.39, 0.29) is 0 Å². The predicted molar refractivity (Wildman–Crippen MR) is 104 cm³/mol. The summed E-state index contributed by atoms with van der Waals surface area (Å²) in [4.78, 5) is 12.9. The van der Waals surface area contributed by atoms with Gasteiger partial charge in [-0.05, 0) is 71.0 Å². The number of aryl methyl sites for hydroxylation is 2. The van der Waals surface area contributed by atoms with Gasteiger partial charge in [-0.15, -0.1) is 11.3 Å². The van der Waals surface area contributed by atoms with Crippen molar-refractivity contribution in [3.8, 4) is 0 Å². The topological polar surface area (TPSA) is 37.3 Å². The zero-order valence-electron chi connectivity index (χ0n) is 13.7. The number of rotatable bonds is 5. The Hall–Kier alpha value is -1.39. The molecule has 24 heavy (non-hydrogen) atoms. The van der Waals surface area contributed by atoms with Crippen molar-refractivity contribution < 1.29 is 9.90 Å². The molecule has 0 bridgehead atoms. The average molecular weight is 405 g/mol. The van der Waals surface area contributed by atoms with Crippen LogP contribution in [0.15, 0.2) is 35.7 Å². The Morgan fingerprint density at radius 3 is 2.83 bits per heavy atom. The molecule has 0 spiro atoms. The monoisotopic (exact) mass is 404 g/mol. The van der Waals surface area contributed by atoms with Crippen LogP contribution < -0.4 is 0 Å². The number of hydrogen-bond donors (Lipinski definition) is 1. The van der Waals surface area contributed by atoms with Gasteiger partial charge in [-0.25, -0.2) is 0 Å². The molecular formula is C20H21BrO2S. The first-order valence-electron chi connectivity index (χ1n) is 8.34. The van der Waals surface area contributed by atoms with E-state index in [0.717, 1.165) is 30.2 Å². The summed E-state index contributed by atoms with van der Waals surface area (Å²) in [6.07, 6.45) is 5.92. The van der Waals surface area contributed by atoms with Gasteiger partial charge in [0.15, 0.2) is 0 Å². The van der Waals surface area contributed by atoms with Crippen LogP contribution in [-0.4, -0.2) is 16.4 Å². The molecule has 1 aromatic carbocycles. The number of carbonyl (C=O) groups is 1. The molecule has 3 rings (SSSR count). The van der Waals surface area contributed by atoms with Crippen molar-refractivity contribution in [3.63, 3.8) is 0 Å². The number of allylic oxidation sites excluding steroid dienone is 1. The van der Waals surface area contributed by atoms with E-state index in [1.165, 1.54) is 27.1 Å². The molecule has 0 amide bonds. The minimum atomic E-state index is -0.742. The first kappa shape index (κ1) is 17.4. The Kier molecular flexibility index (Phi) is 5.57. The Labute approximate surface area is 155 Å². The summed E-state index contributed by atoms with van der Waals surface area (Å²) in [5.41, 5.74) is 6.13. The molecule has 1 unspecified atom stereocenters. The molecular weight excluding hydrogens is 384 g/mol. The minimum Gasteiger partial charge on any atom is -0.481 e. The smallest absolute Gasteiger partial charge is 0.310 e. The van der Waals surface area contributed by atoms with Crippen LogP contribution >= 0.6 is 27.3 Å². The van der Waals surface area contributed by atoms with Gasteiger partial charge in [-0.1, -0.05) is 41.1 Å². The maximum Gasteiger partial charge on any atom is 0.310 e. The summed E-state index contributed by atoms with van der Waals surface area (Å²) in [5, 5.41) is 12.6. The SMILES string of the molecule is CCC(C(=O)O)c1ccc2c(c1)/C(=C\CCBr)c1sccc1CC2. The van der Waals surface area contributed by atoms with Crippen LogP contribution in [0.4, 0.5) is 0 Å². The molecule has 1 heterocycles.